The zero-order valence-electron chi connectivity index (χ0n) is 6.94. The van der Waals surface area contributed by atoms with Crippen molar-refractivity contribution in [2.24, 2.45) is 0 Å². The lowest BCUT2D eigenvalue weighted by molar-refractivity contribution is 0.318. The van der Waals surface area contributed by atoms with Gasteiger partial charge >= 0.3 is 0 Å². The molecule has 66 valence electrons. The first-order valence-corrected chi connectivity index (χ1v) is 4.73. The Hall–Kier alpha value is -0.970. The first-order valence-electron chi connectivity index (χ1n) is 3.51. The van der Waals surface area contributed by atoms with Gasteiger partial charge in [0.15, 0.2) is 5.16 Å². The van der Waals surface area contributed by atoms with Crippen molar-refractivity contribution in [1.82, 2.24) is 9.97 Å². The molecule has 0 spiro atoms. The Bertz CT molecular complexity index is 268. The van der Waals surface area contributed by atoms with E-state index in [1.54, 1.807) is 0 Å². The summed E-state index contributed by atoms with van der Waals surface area (Å²) in [5, 5.41) is 9.62. The van der Waals surface area contributed by atoms with Crippen molar-refractivity contribution in [1.29, 1.82) is 0 Å². The van der Waals surface area contributed by atoms with Gasteiger partial charge in [-0.15, -0.1) is 0 Å². The Kier molecular flexibility index (Phi) is 3.16. The van der Waals surface area contributed by atoms with Crippen LogP contribution in [0.15, 0.2) is 11.2 Å². The summed E-state index contributed by atoms with van der Waals surface area (Å²) in [5.74, 6) is 0.354. The van der Waals surface area contributed by atoms with Crippen LogP contribution in [0.5, 0.6) is 11.8 Å². The second-order valence-electron chi connectivity index (χ2n) is 1.98. The standard InChI is InChI=1S/C7H10N2O2S/c1-3-11-6-4-5(10)8-7(9-6)12-2/h4H,3H2,1-2H3,(H,8,9,10). The molecule has 0 aliphatic carbocycles. The molecule has 1 rings (SSSR count). The maximum atomic E-state index is 9.11. The van der Waals surface area contributed by atoms with Gasteiger partial charge < -0.3 is 9.84 Å². The number of hydrogen-bond acceptors (Lipinski definition) is 5. The van der Waals surface area contributed by atoms with Crippen LogP contribution in [0.4, 0.5) is 0 Å². The van der Waals surface area contributed by atoms with E-state index in [-0.39, 0.29) is 5.88 Å². The third-order valence-electron chi connectivity index (χ3n) is 1.14. The quantitative estimate of drug-likeness (QED) is 0.569. The van der Waals surface area contributed by atoms with Gasteiger partial charge in [0.1, 0.15) is 0 Å². The summed E-state index contributed by atoms with van der Waals surface area (Å²) in [4.78, 5) is 7.77. The molecule has 4 nitrogen and oxygen atoms in total. The lowest BCUT2D eigenvalue weighted by Crippen LogP contribution is -1.96. The van der Waals surface area contributed by atoms with Gasteiger partial charge in [-0.3, -0.25) is 0 Å². The Morgan fingerprint density at radius 1 is 1.58 bits per heavy atom. The van der Waals surface area contributed by atoms with E-state index in [1.165, 1.54) is 17.8 Å². The molecular formula is C7H10N2O2S. The highest BCUT2D eigenvalue weighted by Gasteiger charge is 2.02. The summed E-state index contributed by atoms with van der Waals surface area (Å²) in [7, 11) is 0. The third kappa shape index (κ3) is 2.27. The average Bonchev–Trinajstić information content (AvgIpc) is 2.04. The van der Waals surface area contributed by atoms with Crippen LogP contribution in [0.3, 0.4) is 0 Å². The van der Waals surface area contributed by atoms with E-state index in [0.29, 0.717) is 17.6 Å². The van der Waals surface area contributed by atoms with E-state index in [9.17, 15) is 0 Å². The van der Waals surface area contributed by atoms with Crippen LogP contribution in [0.1, 0.15) is 6.92 Å². The van der Waals surface area contributed by atoms with Crippen molar-refractivity contribution in [3.63, 3.8) is 0 Å². The SMILES string of the molecule is CCOc1cc(O)nc(SC)n1. The molecule has 0 aromatic carbocycles. The average molecular weight is 186 g/mol. The third-order valence-corrected chi connectivity index (χ3v) is 1.69. The number of nitrogens with zero attached hydrogens (tertiary/aromatic N) is 2. The molecule has 0 amide bonds. The fraction of sp³-hybridized carbons (Fsp3) is 0.429. The van der Waals surface area contributed by atoms with Crippen molar-refractivity contribution >= 4 is 11.8 Å². The smallest absolute Gasteiger partial charge is 0.221 e. The number of aromatic hydroxyl groups is 1. The van der Waals surface area contributed by atoms with E-state index in [2.05, 4.69) is 9.97 Å². The highest BCUT2D eigenvalue weighted by atomic mass is 32.2. The Labute approximate surface area is 75.0 Å². The van der Waals surface area contributed by atoms with Gasteiger partial charge in [0.2, 0.25) is 11.8 Å². The highest BCUT2D eigenvalue weighted by molar-refractivity contribution is 7.98. The monoisotopic (exact) mass is 186 g/mol. The first-order chi connectivity index (χ1) is 5.76. The molecule has 0 saturated heterocycles. The minimum atomic E-state index is -0.0576. The van der Waals surface area contributed by atoms with E-state index in [0.717, 1.165) is 0 Å². The number of ether oxygens (including phenoxy) is 1. The molecule has 5 heteroatoms. The summed E-state index contributed by atoms with van der Waals surface area (Å²) in [6.07, 6.45) is 1.84. The Morgan fingerprint density at radius 2 is 2.33 bits per heavy atom. The van der Waals surface area contributed by atoms with Crippen LogP contribution in [0.25, 0.3) is 0 Å². The zero-order chi connectivity index (χ0) is 8.97. The minimum Gasteiger partial charge on any atom is -0.493 e. The van der Waals surface area contributed by atoms with E-state index in [1.807, 2.05) is 13.2 Å². The number of aromatic nitrogens is 2. The second kappa shape index (κ2) is 4.15. The van der Waals surface area contributed by atoms with Gasteiger partial charge in [-0.25, -0.2) is 0 Å². The van der Waals surface area contributed by atoms with Crippen LogP contribution >= 0.6 is 11.8 Å². The van der Waals surface area contributed by atoms with Gasteiger partial charge in [0, 0.05) is 0 Å². The summed E-state index contributed by atoms with van der Waals surface area (Å²) in [5.41, 5.74) is 0. The summed E-state index contributed by atoms with van der Waals surface area (Å²) in [6.45, 7) is 2.39. The molecule has 1 aromatic rings. The molecular weight excluding hydrogens is 176 g/mol. The molecule has 0 atom stereocenters. The fourth-order valence-corrected chi connectivity index (χ4v) is 1.07. The Balaban J connectivity index is 2.90. The molecule has 0 radical (unpaired) electrons. The Morgan fingerprint density at radius 3 is 2.92 bits per heavy atom. The van der Waals surface area contributed by atoms with Crippen LogP contribution in [0.2, 0.25) is 0 Å². The number of hydrogen-bond donors (Lipinski definition) is 1. The van der Waals surface area contributed by atoms with Crippen molar-refractivity contribution < 1.29 is 9.84 Å². The molecule has 0 unspecified atom stereocenters. The largest absolute Gasteiger partial charge is 0.493 e. The summed E-state index contributed by atoms with van der Waals surface area (Å²) in [6, 6.07) is 1.39. The van der Waals surface area contributed by atoms with E-state index in [4.69, 9.17) is 9.84 Å². The highest BCUT2D eigenvalue weighted by Crippen LogP contribution is 2.18. The lowest BCUT2D eigenvalue weighted by atomic mass is 10.6. The molecule has 0 saturated carbocycles. The lowest BCUT2D eigenvalue weighted by Gasteiger charge is -2.02. The summed E-state index contributed by atoms with van der Waals surface area (Å²) >= 11 is 1.36. The van der Waals surface area contributed by atoms with Crippen molar-refractivity contribution in [2.75, 3.05) is 12.9 Å². The molecule has 0 fully saturated rings. The van der Waals surface area contributed by atoms with E-state index < -0.39 is 0 Å². The molecule has 0 bridgehead atoms. The van der Waals surface area contributed by atoms with Crippen molar-refractivity contribution in [3.05, 3.63) is 6.07 Å². The van der Waals surface area contributed by atoms with Gasteiger partial charge in [0.05, 0.1) is 12.7 Å². The van der Waals surface area contributed by atoms with Crippen LogP contribution < -0.4 is 4.74 Å². The maximum Gasteiger partial charge on any atom is 0.221 e. The predicted molar refractivity (Wildman–Crippen MR) is 46.6 cm³/mol. The first kappa shape index (κ1) is 9.12. The molecule has 0 aliphatic heterocycles. The minimum absolute atomic E-state index is 0.0576. The van der Waals surface area contributed by atoms with Gasteiger partial charge in [-0.05, 0) is 13.2 Å². The predicted octanol–water partition coefficient (Wildman–Crippen LogP) is 1.30. The molecule has 1 aromatic heterocycles. The summed E-state index contributed by atoms with van der Waals surface area (Å²) < 4.78 is 5.10. The molecule has 12 heavy (non-hydrogen) atoms. The number of thioether (sulfide) groups is 1. The van der Waals surface area contributed by atoms with Crippen LogP contribution in [0, 0.1) is 0 Å². The molecule has 1 heterocycles. The normalized spacial score (nSPS) is 9.83. The van der Waals surface area contributed by atoms with Crippen LogP contribution in [-0.4, -0.2) is 27.9 Å². The van der Waals surface area contributed by atoms with Gasteiger partial charge in [-0.2, -0.15) is 9.97 Å². The topological polar surface area (TPSA) is 55.2 Å². The van der Waals surface area contributed by atoms with Crippen molar-refractivity contribution in [2.45, 2.75) is 12.1 Å². The second-order valence-corrected chi connectivity index (χ2v) is 2.76. The van der Waals surface area contributed by atoms with Crippen LogP contribution in [-0.2, 0) is 0 Å². The van der Waals surface area contributed by atoms with E-state index >= 15 is 0 Å². The van der Waals surface area contributed by atoms with Crippen molar-refractivity contribution in [3.8, 4) is 11.8 Å². The fourth-order valence-electron chi connectivity index (χ4n) is 0.705. The zero-order valence-corrected chi connectivity index (χ0v) is 7.76. The van der Waals surface area contributed by atoms with Gasteiger partial charge in [0.25, 0.3) is 0 Å². The molecule has 0 aliphatic rings. The van der Waals surface area contributed by atoms with Gasteiger partial charge in [-0.1, -0.05) is 11.8 Å². The maximum absolute atomic E-state index is 9.11. The number of rotatable bonds is 3. The molecule has 1 N–H and O–H groups in total.